The average molecular weight is 385 g/mol. The summed E-state index contributed by atoms with van der Waals surface area (Å²) in [6.07, 6.45) is 0. The fourth-order valence-electron chi connectivity index (χ4n) is 4.23. The molecule has 6 aromatic rings. The SMILES string of the molecule is c1ccc(Nc2c3ccccc3cc3c2oc2c(-c4ccccc4)cccc23)cc1. The minimum absolute atomic E-state index is 0.885. The van der Waals surface area contributed by atoms with Gasteiger partial charge in [0, 0.05) is 27.4 Å². The van der Waals surface area contributed by atoms with Gasteiger partial charge in [-0.2, -0.15) is 0 Å². The van der Waals surface area contributed by atoms with Crippen molar-refractivity contribution in [3.8, 4) is 11.1 Å². The molecule has 5 aromatic carbocycles. The van der Waals surface area contributed by atoms with Crippen LogP contribution >= 0.6 is 0 Å². The number of benzene rings is 5. The van der Waals surface area contributed by atoms with E-state index >= 15 is 0 Å². The molecule has 0 aliphatic carbocycles. The maximum atomic E-state index is 6.59. The van der Waals surface area contributed by atoms with Crippen molar-refractivity contribution in [2.75, 3.05) is 5.32 Å². The van der Waals surface area contributed by atoms with E-state index in [1.54, 1.807) is 0 Å². The Labute approximate surface area is 174 Å². The lowest BCUT2D eigenvalue weighted by Crippen LogP contribution is -1.92. The second-order valence-corrected chi connectivity index (χ2v) is 7.49. The lowest BCUT2D eigenvalue weighted by molar-refractivity contribution is 0.671. The van der Waals surface area contributed by atoms with Crippen LogP contribution in [-0.4, -0.2) is 0 Å². The molecule has 142 valence electrons. The Hall–Kier alpha value is -4.04. The van der Waals surface area contributed by atoms with Crippen LogP contribution in [-0.2, 0) is 0 Å². The van der Waals surface area contributed by atoms with Crippen molar-refractivity contribution in [3.05, 3.63) is 109 Å². The first-order valence-electron chi connectivity index (χ1n) is 10.1. The maximum absolute atomic E-state index is 6.59. The van der Waals surface area contributed by atoms with Gasteiger partial charge in [-0.15, -0.1) is 0 Å². The Morgan fingerprint density at radius 3 is 2.07 bits per heavy atom. The minimum Gasteiger partial charge on any atom is -0.453 e. The molecular weight excluding hydrogens is 366 g/mol. The number of furan rings is 1. The predicted molar refractivity (Wildman–Crippen MR) is 126 cm³/mol. The first-order chi connectivity index (χ1) is 14.9. The normalized spacial score (nSPS) is 11.3. The van der Waals surface area contributed by atoms with Gasteiger partial charge in [0.25, 0.3) is 0 Å². The van der Waals surface area contributed by atoms with Gasteiger partial charge in [-0.05, 0) is 29.1 Å². The van der Waals surface area contributed by atoms with Crippen molar-refractivity contribution in [1.29, 1.82) is 0 Å². The zero-order valence-electron chi connectivity index (χ0n) is 16.3. The van der Waals surface area contributed by atoms with Gasteiger partial charge in [0.15, 0.2) is 5.58 Å². The third-order valence-corrected chi connectivity index (χ3v) is 5.64. The Morgan fingerprint density at radius 2 is 1.23 bits per heavy atom. The molecular formula is C28H19NO. The summed E-state index contributed by atoms with van der Waals surface area (Å²) in [6, 6.07) is 37.7. The molecule has 0 unspecified atom stereocenters. The van der Waals surface area contributed by atoms with Crippen molar-refractivity contribution in [1.82, 2.24) is 0 Å². The fourth-order valence-corrected chi connectivity index (χ4v) is 4.23. The third-order valence-electron chi connectivity index (χ3n) is 5.64. The van der Waals surface area contributed by atoms with Crippen LogP contribution < -0.4 is 5.32 Å². The molecule has 2 nitrogen and oxygen atoms in total. The Kier molecular flexibility index (Phi) is 3.82. The van der Waals surface area contributed by atoms with Gasteiger partial charge in [0.1, 0.15) is 5.58 Å². The molecule has 0 aliphatic rings. The molecule has 0 spiro atoms. The van der Waals surface area contributed by atoms with E-state index in [1.807, 2.05) is 24.3 Å². The van der Waals surface area contributed by atoms with Crippen LogP contribution in [0.3, 0.4) is 0 Å². The molecule has 0 saturated heterocycles. The highest BCUT2D eigenvalue weighted by Crippen LogP contribution is 2.42. The quantitative estimate of drug-likeness (QED) is 0.332. The lowest BCUT2D eigenvalue weighted by Gasteiger charge is -2.11. The summed E-state index contributed by atoms with van der Waals surface area (Å²) in [5.74, 6) is 0. The van der Waals surface area contributed by atoms with Crippen LogP contribution in [0.25, 0.3) is 43.8 Å². The summed E-state index contributed by atoms with van der Waals surface area (Å²) in [7, 11) is 0. The van der Waals surface area contributed by atoms with E-state index in [2.05, 4.69) is 90.2 Å². The summed E-state index contributed by atoms with van der Waals surface area (Å²) in [5, 5.41) is 8.21. The zero-order valence-corrected chi connectivity index (χ0v) is 16.3. The number of hydrogen-bond acceptors (Lipinski definition) is 2. The van der Waals surface area contributed by atoms with E-state index in [0.717, 1.165) is 49.8 Å². The van der Waals surface area contributed by atoms with Crippen LogP contribution in [0.1, 0.15) is 0 Å². The zero-order chi connectivity index (χ0) is 19.9. The molecule has 0 aliphatic heterocycles. The number of fused-ring (bicyclic) bond motifs is 4. The summed E-state index contributed by atoms with van der Waals surface area (Å²) in [4.78, 5) is 0. The fraction of sp³-hybridized carbons (Fsp3) is 0. The monoisotopic (exact) mass is 385 g/mol. The van der Waals surface area contributed by atoms with Crippen molar-refractivity contribution >= 4 is 44.1 Å². The number of nitrogens with one attached hydrogen (secondary N) is 1. The van der Waals surface area contributed by atoms with Gasteiger partial charge < -0.3 is 9.73 Å². The second kappa shape index (κ2) is 6.78. The largest absolute Gasteiger partial charge is 0.453 e. The van der Waals surface area contributed by atoms with Crippen LogP contribution in [0.4, 0.5) is 11.4 Å². The van der Waals surface area contributed by atoms with Crippen molar-refractivity contribution in [2.45, 2.75) is 0 Å². The molecule has 30 heavy (non-hydrogen) atoms. The van der Waals surface area contributed by atoms with Crippen molar-refractivity contribution in [3.63, 3.8) is 0 Å². The highest BCUT2D eigenvalue weighted by molar-refractivity contribution is 6.19. The van der Waals surface area contributed by atoms with Crippen LogP contribution in [0, 0.1) is 0 Å². The molecule has 0 radical (unpaired) electrons. The topological polar surface area (TPSA) is 25.2 Å². The van der Waals surface area contributed by atoms with Gasteiger partial charge in [0.2, 0.25) is 0 Å². The van der Waals surface area contributed by atoms with Crippen LogP contribution in [0.2, 0.25) is 0 Å². The molecule has 1 aromatic heterocycles. The average Bonchev–Trinajstić information content (AvgIpc) is 3.19. The second-order valence-electron chi connectivity index (χ2n) is 7.49. The molecule has 2 heteroatoms. The summed E-state index contributed by atoms with van der Waals surface area (Å²) in [5.41, 5.74) is 6.12. The number of hydrogen-bond donors (Lipinski definition) is 1. The van der Waals surface area contributed by atoms with Gasteiger partial charge >= 0.3 is 0 Å². The van der Waals surface area contributed by atoms with E-state index in [4.69, 9.17) is 4.42 Å². The van der Waals surface area contributed by atoms with Crippen LogP contribution in [0.15, 0.2) is 114 Å². The molecule has 0 amide bonds. The smallest absolute Gasteiger partial charge is 0.159 e. The molecule has 0 bridgehead atoms. The maximum Gasteiger partial charge on any atom is 0.159 e. The number of anilines is 2. The summed E-state index contributed by atoms with van der Waals surface area (Å²) in [6.45, 7) is 0. The molecule has 6 rings (SSSR count). The van der Waals surface area contributed by atoms with Gasteiger partial charge in [-0.3, -0.25) is 0 Å². The Morgan fingerprint density at radius 1 is 0.533 bits per heavy atom. The number of para-hydroxylation sites is 2. The van der Waals surface area contributed by atoms with E-state index in [9.17, 15) is 0 Å². The molecule has 1 N–H and O–H groups in total. The molecule has 0 atom stereocenters. The van der Waals surface area contributed by atoms with Gasteiger partial charge in [0.05, 0.1) is 5.69 Å². The number of rotatable bonds is 3. The highest BCUT2D eigenvalue weighted by Gasteiger charge is 2.17. The summed E-state index contributed by atoms with van der Waals surface area (Å²) >= 11 is 0. The van der Waals surface area contributed by atoms with Crippen molar-refractivity contribution < 1.29 is 4.42 Å². The third kappa shape index (κ3) is 2.66. The van der Waals surface area contributed by atoms with Crippen molar-refractivity contribution in [2.24, 2.45) is 0 Å². The molecule has 0 fully saturated rings. The first-order valence-corrected chi connectivity index (χ1v) is 10.1. The Balaban J connectivity index is 1.70. The standard InChI is InChI=1S/C28H19NO/c1-3-10-19(11-4-1)23-16-9-17-24-25-18-20-12-7-8-15-22(20)26(28(25)30-27(23)24)29-21-13-5-2-6-14-21/h1-18,29H. The summed E-state index contributed by atoms with van der Waals surface area (Å²) < 4.78 is 6.59. The van der Waals surface area contributed by atoms with Gasteiger partial charge in [-0.25, -0.2) is 0 Å². The van der Waals surface area contributed by atoms with Crippen LogP contribution in [0.5, 0.6) is 0 Å². The predicted octanol–water partition coefficient (Wildman–Crippen LogP) is 8.15. The van der Waals surface area contributed by atoms with Gasteiger partial charge in [-0.1, -0.05) is 91.0 Å². The van der Waals surface area contributed by atoms with E-state index < -0.39 is 0 Å². The Bertz CT molecular complexity index is 1500. The first kappa shape index (κ1) is 16.9. The molecule has 1 heterocycles. The van der Waals surface area contributed by atoms with E-state index in [0.29, 0.717) is 0 Å². The minimum atomic E-state index is 0.885. The van der Waals surface area contributed by atoms with E-state index in [-0.39, 0.29) is 0 Å². The molecule has 0 saturated carbocycles. The highest BCUT2D eigenvalue weighted by atomic mass is 16.3. The lowest BCUT2D eigenvalue weighted by atomic mass is 10.0. The van der Waals surface area contributed by atoms with E-state index in [1.165, 1.54) is 5.39 Å².